The van der Waals surface area contributed by atoms with Gasteiger partial charge in [0.05, 0.1) is 32.5 Å². The number of aryl methyl sites for hydroxylation is 1. The number of benzene rings is 3. The second-order valence-corrected chi connectivity index (χ2v) is 8.52. The molecule has 0 spiro atoms. The molecule has 5 rings (SSSR count). The van der Waals surface area contributed by atoms with Crippen molar-refractivity contribution in [1.29, 1.82) is 0 Å². The molecule has 1 aliphatic heterocycles. The second-order valence-electron chi connectivity index (χ2n) is 8.52. The van der Waals surface area contributed by atoms with Crippen LogP contribution in [0.1, 0.15) is 31.8 Å². The molecule has 0 radical (unpaired) electrons. The lowest BCUT2D eigenvalue weighted by molar-refractivity contribution is 0.0732. The molecule has 4 aromatic rings. The van der Waals surface area contributed by atoms with Crippen molar-refractivity contribution in [2.24, 2.45) is 7.05 Å². The zero-order chi connectivity index (χ0) is 26.3. The Morgan fingerprint density at radius 3 is 2.32 bits per heavy atom. The van der Waals surface area contributed by atoms with E-state index in [4.69, 9.17) is 23.7 Å². The summed E-state index contributed by atoms with van der Waals surface area (Å²) in [6.07, 6.45) is 3.69. The van der Waals surface area contributed by atoms with Crippen LogP contribution in [0.4, 0.5) is 0 Å². The molecule has 0 unspecified atom stereocenters. The predicted molar refractivity (Wildman–Crippen MR) is 138 cm³/mol. The topological polar surface area (TPSA) is 85.2 Å². The number of rotatable bonds is 6. The van der Waals surface area contributed by atoms with Crippen LogP contribution in [0.3, 0.4) is 0 Å². The van der Waals surface area contributed by atoms with Crippen molar-refractivity contribution in [2.75, 3.05) is 21.3 Å². The van der Waals surface area contributed by atoms with Crippen LogP contribution in [0.15, 0.2) is 60.5 Å². The number of ether oxygens (including phenoxy) is 5. The van der Waals surface area contributed by atoms with E-state index in [0.29, 0.717) is 34.1 Å². The fraction of sp³-hybridized carbons (Fsp3) is 0.172. The summed E-state index contributed by atoms with van der Waals surface area (Å²) in [6.45, 7) is 1.74. The molecule has 2 heterocycles. The average molecular weight is 500 g/mol. The third-order valence-corrected chi connectivity index (χ3v) is 6.35. The molecule has 37 heavy (non-hydrogen) atoms. The van der Waals surface area contributed by atoms with Crippen LogP contribution in [0.25, 0.3) is 17.0 Å². The Hall–Kier alpha value is -4.72. The molecule has 0 N–H and O–H groups in total. The van der Waals surface area contributed by atoms with E-state index in [9.17, 15) is 9.59 Å². The van der Waals surface area contributed by atoms with E-state index in [0.717, 1.165) is 16.5 Å². The number of carbonyl (C=O) groups excluding carboxylic acids is 2. The summed E-state index contributed by atoms with van der Waals surface area (Å²) >= 11 is 0. The molecule has 188 valence electrons. The Labute approximate surface area is 213 Å². The highest BCUT2D eigenvalue weighted by Crippen LogP contribution is 2.41. The largest absolute Gasteiger partial charge is 0.493 e. The normalized spacial score (nSPS) is 13.4. The summed E-state index contributed by atoms with van der Waals surface area (Å²) in [5.74, 6) is 1.03. The third-order valence-electron chi connectivity index (χ3n) is 6.35. The number of Topliss-reactive ketones (excluding diaryl/α,β-unsaturated/α-hetero) is 1. The number of methoxy groups -OCH3 is 3. The Bertz CT molecular complexity index is 1570. The van der Waals surface area contributed by atoms with Gasteiger partial charge in [-0.1, -0.05) is 18.2 Å². The van der Waals surface area contributed by atoms with Crippen molar-refractivity contribution >= 4 is 28.7 Å². The lowest BCUT2D eigenvalue weighted by atomic mass is 10.1. The number of hydrogen-bond acceptors (Lipinski definition) is 7. The molecule has 1 aliphatic rings. The lowest BCUT2D eigenvalue weighted by Crippen LogP contribution is -2.10. The Morgan fingerprint density at radius 2 is 1.65 bits per heavy atom. The van der Waals surface area contributed by atoms with Crippen molar-refractivity contribution in [3.63, 3.8) is 0 Å². The van der Waals surface area contributed by atoms with Crippen LogP contribution in [0.5, 0.6) is 28.7 Å². The minimum absolute atomic E-state index is 0.211. The monoisotopic (exact) mass is 499 g/mol. The first-order valence-corrected chi connectivity index (χ1v) is 11.5. The van der Waals surface area contributed by atoms with Gasteiger partial charge in [0.25, 0.3) is 0 Å². The molecule has 1 aromatic heterocycles. The number of hydrogen-bond donors (Lipinski definition) is 0. The van der Waals surface area contributed by atoms with Gasteiger partial charge in [0.1, 0.15) is 11.5 Å². The summed E-state index contributed by atoms with van der Waals surface area (Å²) in [4.78, 5) is 26.1. The number of para-hydroxylation sites is 1. The van der Waals surface area contributed by atoms with Gasteiger partial charge in [0.2, 0.25) is 11.5 Å². The fourth-order valence-corrected chi connectivity index (χ4v) is 4.47. The van der Waals surface area contributed by atoms with Crippen LogP contribution in [0.2, 0.25) is 0 Å². The predicted octanol–water partition coefficient (Wildman–Crippen LogP) is 5.35. The quantitative estimate of drug-likeness (QED) is 0.201. The highest BCUT2D eigenvalue weighted by atomic mass is 16.5. The van der Waals surface area contributed by atoms with E-state index in [1.165, 1.54) is 33.5 Å². The maximum Gasteiger partial charge on any atom is 0.343 e. The molecule has 8 heteroatoms. The standard InChI is InChI=1S/C29H25NO7/c1-16-22(37-29(32)17-12-24(33-3)28(35-5)25(13-17)34-4)11-10-20-26(31)23(36-27(16)20)14-18-15-30(2)21-9-7-6-8-19(18)21/h6-15H,1-5H3/b23-14+. The van der Waals surface area contributed by atoms with Crippen LogP contribution in [-0.2, 0) is 7.05 Å². The molecule has 0 saturated heterocycles. The first-order chi connectivity index (χ1) is 17.9. The first-order valence-electron chi connectivity index (χ1n) is 11.5. The van der Waals surface area contributed by atoms with Gasteiger partial charge in [-0.25, -0.2) is 4.79 Å². The van der Waals surface area contributed by atoms with Gasteiger partial charge in [0.15, 0.2) is 17.3 Å². The van der Waals surface area contributed by atoms with Gasteiger partial charge in [-0.2, -0.15) is 0 Å². The van der Waals surface area contributed by atoms with Gasteiger partial charge < -0.3 is 28.3 Å². The number of esters is 1. The molecule has 0 bridgehead atoms. The maximum atomic E-state index is 13.1. The lowest BCUT2D eigenvalue weighted by Gasteiger charge is -2.14. The number of allylic oxidation sites excluding steroid dienone is 1. The maximum absolute atomic E-state index is 13.1. The van der Waals surface area contributed by atoms with Crippen molar-refractivity contribution in [1.82, 2.24) is 4.57 Å². The first kappa shape index (κ1) is 24.0. The van der Waals surface area contributed by atoms with Gasteiger partial charge in [-0.3, -0.25) is 4.79 Å². The van der Waals surface area contributed by atoms with Crippen molar-refractivity contribution in [3.05, 3.63) is 82.7 Å². The van der Waals surface area contributed by atoms with Crippen LogP contribution < -0.4 is 23.7 Å². The Kier molecular flexibility index (Phi) is 6.09. The van der Waals surface area contributed by atoms with E-state index in [1.54, 1.807) is 25.1 Å². The van der Waals surface area contributed by atoms with Crippen molar-refractivity contribution < 1.29 is 33.3 Å². The van der Waals surface area contributed by atoms with E-state index in [1.807, 2.05) is 42.1 Å². The van der Waals surface area contributed by atoms with E-state index in [2.05, 4.69) is 0 Å². The van der Waals surface area contributed by atoms with Crippen LogP contribution >= 0.6 is 0 Å². The number of carbonyl (C=O) groups is 2. The van der Waals surface area contributed by atoms with Crippen molar-refractivity contribution in [2.45, 2.75) is 6.92 Å². The SMILES string of the molecule is COc1cc(C(=O)Oc2ccc3c(c2C)O/C(=C/c2cn(C)c4ccccc24)C3=O)cc(OC)c1OC. The molecule has 0 amide bonds. The molecule has 0 fully saturated rings. The molecule has 0 atom stereocenters. The Balaban J connectivity index is 1.45. The fourth-order valence-electron chi connectivity index (χ4n) is 4.47. The summed E-state index contributed by atoms with van der Waals surface area (Å²) < 4.78 is 29.6. The third kappa shape index (κ3) is 4.06. The summed E-state index contributed by atoms with van der Waals surface area (Å²) in [5.41, 5.74) is 3.09. The Morgan fingerprint density at radius 1 is 0.946 bits per heavy atom. The number of nitrogens with zero attached hydrogens (tertiary/aromatic N) is 1. The number of aromatic nitrogens is 1. The van der Waals surface area contributed by atoms with Crippen molar-refractivity contribution in [3.8, 4) is 28.7 Å². The van der Waals surface area contributed by atoms with E-state index >= 15 is 0 Å². The molecule has 3 aromatic carbocycles. The highest BCUT2D eigenvalue weighted by Gasteiger charge is 2.31. The number of ketones is 1. The molecule has 8 nitrogen and oxygen atoms in total. The molecule has 0 saturated carbocycles. The molecular formula is C29H25NO7. The average Bonchev–Trinajstić information content (AvgIpc) is 3.41. The van der Waals surface area contributed by atoms with E-state index in [-0.39, 0.29) is 22.9 Å². The minimum atomic E-state index is -0.627. The summed E-state index contributed by atoms with van der Waals surface area (Å²) in [7, 11) is 6.37. The second kappa shape index (κ2) is 9.39. The highest BCUT2D eigenvalue weighted by molar-refractivity contribution is 6.15. The minimum Gasteiger partial charge on any atom is -0.493 e. The van der Waals surface area contributed by atoms with Crippen LogP contribution in [0, 0.1) is 6.92 Å². The van der Waals surface area contributed by atoms with Crippen LogP contribution in [-0.4, -0.2) is 37.6 Å². The smallest absolute Gasteiger partial charge is 0.343 e. The molecule has 0 aliphatic carbocycles. The van der Waals surface area contributed by atoms with E-state index < -0.39 is 5.97 Å². The number of fused-ring (bicyclic) bond motifs is 2. The van der Waals surface area contributed by atoms with Gasteiger partial charge >= 0.3 is 5.97 Å². The zero-order valence-corrected chi connectivity index (χ0v) is 21.1. The summed E-state index contributed by atoms with van der Waals surface area (Å²) in [6, 6.07) is 14.2. The van der Waals surface area contributed by atoms with Gasteiger partial charge in [-0.05, 0) is 43.3 Å². The zero-order valence-electron chi connectivity index (χ0n) is 21.1. The van der Waals surface area contributed by atoms with Gasteiger partial charge in [0, 0.05) is 35.3 Å². The summed E-state index contributed by atoms with van der Waals surface area (Å²) in [5, 5.41) is 1.02. The van der Waals surface area contributed by atoms with Gasteiger partial charge in [-0.15, -0.1) is 0 Å². The molecular weight excluding hydrogens is 474 g/mol.